The number of nitrogens with one attached hydrogen (secondary N) is 1. The molecule has 88 valence electrons. The summed E-state index contributed by atoms with van der Waals surface area (Å²) in [6.07, 6.45) is 0. The maximum Gasteiger partial charge on any atom is 0.229 e. The van der Waals surface area contributed by atoms with Gasteiger partial charge >= 0.3 is 0 Å². The fourth-order valence-corrected chi connectivity index (χ4v) is 1.18. The molecule has 0 fully saturated rings. The van der Waals surface area contributed by atoms with Crippen molar-refractivity contribution < 1.29 is 9.31 Å². The van der Waals surface area contributed by atoms with E-state index in [1.165, 1.54) is 12.1 Å². The van der Waals surface area contributed by atoms with Gasteiger partial charge in [-0.3, -0.25) is 10.1 Å². The molecular formula is C11H15FN2O2. The lowest BCUT2D eigenvalue weighted by molar-refractivity contribution is -0.558. The highest BCUT2D eigenvalue weighted by Crippen LogP contribution is 2.06. The summed E-state index contributed by atoms with van der Waals surface area (Å²) in [5.74, 6) is -0.283. The van der Waals surface area contributed by atoms with Gasteiger partial charge in [-0.05, 0) is 17.7 Å². The van der Waals surface area contributed by atoms with E-state index in [1.807, 2.05) is 0 Å². The Kier molecular flexibility index (Phi) is 3.95. The second-order valence-electron chi connectivity index (χ2n) is 4.30. The molecular weight excluding hydrogens is 211 g/mol. The van der Waals surface area contributed by atoms with Crippen LogP contribution in [0.15, 0.2) is 24.3 Å². The molecule has 0 aliphatic rings. The van der Waals surface area contributed by atoms with Crippen LogP contribution in [-0.4, -0.2) is 17.0 Å². The molecule has 16 heavy (non-hydrogen) atoms. The Bertz CT molecular complexity index is 363. The van der Waals surface area contributed by atoms with Gasteiger partial charge in [0.25, 0.3) is 0 Å². The minimum Gasteiger partial charge on any atom is -0.306 e. The highest BCUT2D eigenvalue weighted by atomic mass is 19.1. The molecule has 0 aromatic heterocycles. The van der Waals surface area contributed by atoms with E-state index in [4.69, 9.17) is 0 Å². The minimum atomic E-state index is -0.986. The second-order valence-corrected chi connectivity index (χ2v) is 4.30. The van der Waals surface area contributed by atoms with Gasteiger partial charge in [0, 0.05) is 25.3 Å². The number of hydrogen-bond donors (Lipinski definition) is 1. The molecule has 1 aromatic carbocycles. The van der Waals surface area contributed by atoms with Gasteiger partial charge in [0.2, 0.25) is 5.54 Å². The van der Waals surface area contributed by atoms with Crippen LogP contribution in [0.1, 0.15) is 19.4 Å². The van der Waals surface area contributed by atoms with E-state index in [-0.39, 0.29) is 17.3 Å². The van der Waals surface area contributed by atoms with Crippen molar-refractivity contribution in [2.75, 3.05) is 6.54 Å². The fraction of sp³-hybridized carbons (Fsp3) is 0.455. The molecule has 1 N–H and O–H groups in total. The smallest absolute Gasteiger partial charge is 0.229 e. The Morgan fingerprint density at radius 2 is 1.94 bits per heavy atom. The third-order valence-electron chi connectivity index (χ3n) is 2.29. The molecule has 0 unspecified atom stereocenters. The van der Waals surface area contributed by atoms with Gasteiger partial charge < -0.3 is 5.32 Å². The number of nitrogens with zero attached hydrogens (tertiary/aromatic N) is 1. The Morgan fingerprint density at radius 3 is 2.44 bits per heavy atom. The molecule has 0 saturated heterocycles. The average molecular weight is 226 g/mol. The van der Waals surface area contributed by atoms with E-state index in [0.717, 1.165) is 5.56 Å². The number of nitro groups is 1. The van der Waals surface area contributed by atoms with Gasteiger partial charge in [0.1, 0.15) is 5.82 Å². The summed E-state index contributed by atoms with van der Waals surface area (Å²) < 4.78 is 12.6. The zero-order valence-corrected chi connectivity index (χ0v) is 9.37. The second kappa shape index (κ2) is 5.03. The Labute approximate surface area is 93.6 Å². The molecule has 0 aliphatic heterocycles. The first-order chi connectivity index (χ1) is 7.42. The van der Waals surface area contributed by atoms with Crippen molar-refractivity contribution in [3.63, 3.8) is 0 Å². The molecule has 0 radical (unpaired) electrons. The molecule has 0 spiro atoms. The first-order valence-electron chi connectivity index (χ1n) is 5.01. The first-order valence-corrected chi connectivity index (χ1v) is 5.01. The largest absolute Gasteiger partial charge is 0.306 e. The van der Waals surface area contributed by atoms with Crippen molar-refractivity contribution in [2.24, 2.45) is 0 Å². The number of hydrogen-bond acceptors (Lipinski definition) is 3. The normalized spacial score (nSPS) is 11.4. The van der Waals surface area contributed by atoms with Crippen molar-refractivity contribution in [3.8, 4) is 0 Å². The topological polar surface area (TPSA) is 55.2 Å². The van der Waals surface area contributed by atoms with Crippen molar-refractivity contribution in [1.29, 1.82) is 0 Å². The number of halogens is 1. The quantitative estimate of drug-likeness (QED) is 0.617. The van der Waals surface area contributed by atoms with Crippen molar-refractivity contribution in [1.82, 2.24) is 5.32 Å². The van der Waals surface area contributed by atoms with Crippen LogP contribution >= 0.6 is 0 Å². The minimum absolute atomic E-state index is 0.275. The summed E-state index contributed by atoms with van der Waals surface area (Å²) in [7, 11) is 0. The van der Waals surface area contributed by atoms with Gasteiger partial charge in [-0.15, -0.1) is 0 Å². The van der Waals surface area contributed by atoms with Gasteiger partial charge in [-0.25, -0.2) is 4.39 Å². The molecule has 4 nitrogen and oxygen atoms in total. The lowest BCUT2D eigenvalue weighted by Gasteiger charge is -2.16. The van der Waals surface area contributed by atoms with E-state index >= 15 is 0 Å². The Hall–Kier alpha value is -1.49. The van der Waals surface area contributed by atoms with Crippen LogP contribution in [0.5, 0.6) is 0 Å². The van der Waals surface area contributed by atoms with E-state index in [9.17, 15) is 14.5 Å². The van der Waals surface area contributed by atoms with Crippen LogP contribution in [0.25, 0.3) is 0 Å². The SMILES string of the molecule is CC(C)(CNCc1ccc(F)cc1)[N+](=O)[O-]. The molecule has 0 saturated carbocycles. The van der Waals surface area contributed by atoms with Crippen molar-refractivity contribution in [2.45, 2.75) is 25.9 Å². The maximum atomic E-state index is 12.6. The molecule has 1 rings (SSSR count). The number of rotatable bonds is 5. The summed E-state index contributed by atoms with van der Waals surface area (Å²) in [4.78, 5) is 10.3. The van der Waals surface area contributed by atoms with Gasteiger partial charge in [-0.2, -0.15) is 0 Å². The lowest BCUT2D eigenvalue weighted by Crippen LogP contribution is -2.41. The number of benzene rings is 1. The van der Waals surface area contributed by atoms with Crippen LogP contribution in [0.4, 0.5) is 4.39 Å². The first kappa shape index (κ1) is 12.6. The lowest BCUT2D eigenvalue weighted by atomic mass is 10.1. The highest BCUT2D eigenvalue weighted by Gasteiger charge is 2.29. The summed E-state index contributed by atoms with van der Waals surface area (Å²) in [6, 6.07) is 6.05. The van der Waals surface area contributed by atoms with Crippen LogP contribution in [0.2, 0.25) is 0 Å². The zero-order chi connectivity index (χ0) is 12.2. The Morgan fingerprint density at radius 1 is 1.38 bits per heavy atom. The van der Waals surface area contributed by atoms with Gasteiger partial charge in [0.05, 0.1) is 6.54 Å². The molecule has 0 atom stereocenters. The highest BCUT2D eigenvalue weighted by molar-refractivity contribution is 5.15. The van der Waals surface area contributed by atoms with E-state index in [0.29, 0.717) is 6.54 Å². The predicted molar refractivity (Wildman–Crippen MR) is 59.2 cm³/mol. The molecule has 0 heterocycles. The van der Waals surface area contributed by atoms with E-state index < -0.39 is 5.54 Å². The molecule has 0 aliphatic carbocycles. The molecule has 0 amide bonds. The molecule has 1 aromatic rings. The van der Waals surface area contributed by atoms with Crippen LogP contribution < -0.4 is 5.32 Å². The van der Waals surface area contributed by atoms with Crippen molar-refractivity contribution in [3.05, 3.63) is 45.8 Å². The monoisotopic (exact) mass is 226 g/mol. The predicted octanol–water partition coefficient (Wildman–Crippen LogP) is 1.97. The summed E-state index contributed by atoms with van der Waals surface area (Å²) in [6.45, 7) is 3.89. The molecule has 0 bridgehead atoms. The third kappa shape index (κ3) is 3.58. The van der Waals surface area contributed by atoms with Crippen molar-refractivity contribution >= 4 is 0 Å². The van der Waals surface area contributed by atoms with E-state index in [2.05, 4.69) is 5.32 Å². The average Bonchev–Trinajstić information content (AvgIpc) is 2.20. The van der Waals surface area contributed by atoms with E-state index in [1.54, 1.807) is 26.0 Å². The summed E-state index contributed by atoms with van der Waals surface area (Å²) >= 11 is 0. The fourth-order valence-electron chi connectivity index (χ4n) is 1.18. The van der Waals surface area contributed by atoms with Crippen LogP contribution in [-0.2, 0) is 6.54 Å². The third-order valence-corrected chi connectivity index (χ3v) is 2.29. The standard InChI is InChI=1S/C11H15FN2O2/c1-11(2,14(15)16)8-13-7-9-3-5-10(12)6-4-9/h3-6,13H,7-8H2,1-2H3. The van der Waals surface area contributed by atoms with Crippen LogP contribution in [0, 0.1) is 15.9 Å². The summed E-state index contributed by atoms with van der Waals surface area (Å²) in [5, 5.41) is 13.6. The molecule has 5 heteroatoms. The zero-order valence-electron chi connectivity index (χ0n) is 9.37. The van der Waals surface area contributed by atoms with Gasteiger partial charge in [0.15, 0.2) is 0 Å². The Balaban J connectivity index is 2.41. The summed E-state index contributed by atoms with van der Waals surface area (Å²) in [5.41, 5.74) is -0.0828. The maximum absolute atomic E-state index is 12.6. The van der Waals surface area contributed by atoms with Gasteiger partial charge in [-0.1, -0.05) is 12.1 Å². The van der Waals surface area contributed by atoms with Crippen LogP contribution in [0.3, 0.4) is 0 Å².